The summed E-state index contributed by atoms with van der Waals surface area (Å²) in [6.45, 7) is 1.33. The number of imide groups is 1. The smallest absolute Gasteiger partial charge is 0.321 e. The summed E-state index contributed by atoms with van der Waals surface area (Å²) in [5.74, 6) is 1.72. The van der Waals surface area contributed by atoms with Crippen molar-refractivity contribution in [2.75, 3.05) is 20.3 Å². The Morgan fingerprint density at radius 3 is 2.73 bits per heavy atom. The molecule has 1 atom stereocenters. The Kier molecular flexibility index (Phi) is 7.26. The Hall–Kier alpha value is -3.78. The van der Waals surface area contributed by atoms with Gasteiger partial charge < -0.3 is 19.2 Å². The van der Waals surface area contributed by atoms with Gasteiger partial charge >= 0.3 is 6.03 Å². The highest BCUT2D eigenvalue weighted by Gasteiger charge is 2.29. The fourth-order valence-corrected chi connectivity index (χ4v) is 3.93. The molecule has 0 spiro atoms. The van der Waals surface area contributed by atoms with Crippen LogP contribution in [0.25, 0.3) is 0 Å². The number of carbonyl (C=O) groups is 2. The fourth-order valence-electron chi connectivity index (χ4n) is 3.93. The molecule has 1 unspecified atom stereocenters. The average molecular weight is 450 g/mol. The Morgan fingerprint density at radius 2 is 1.97 bits per heavy atom. The molecule has 1 aliphatic heterocycles. The molecule has 1 aromatic heterocycles. The molecule has 2 aromatic carbocycles. The summed E-state index contributed by atoms with van der Waals surface area (Å²) in [7, 11) is 1.62. The van der Waals surface area contributed by atoms with Crippen molar-refractivity contribution < 1.29 is 23.5 Å². The van der Waals surface area contributed by atoms with Gasteiger partial charge in [0.15, 0.2) is 0 Å². The van der Waals surface area contributed by atoms with E-state index in [0.29, 0.717) is 25.3 Å². The van der Waals surface area contributed by atoms with E-state index in [4.69, 9.17) is 13.9 Å². The maximum atomic E-state index is 12.8. The highest BCUT2D eigenvalue weighted by Crippen LogP contribution is 2.38. The molecule has 172 valence electrons. The molecule has 33 heavy (non-hydrogen) atoms. The first-order valence-corrected chi connectivity index (χ1v) is 10.8. The van der Waals surface area contributed by atoms with Crippen LogP contribution in [0.5, 0.6) is 11.5 Å². The van der Waals surface area contributed by atoms with Gasteiger partial charge in [0.25, 0.3) is 0 Å². The van der Waals surface area contributed by atoms with Crippen LogP contribution in [0, 0.1) is 0 Å². The predicted molar refractivity (Wildman–Crippen MR) is 122 cm³/mol. The zero-order valence-corrected chi connectivity index (χ0v) is 18.5. The van der Waals surface area contributed by atoms with Crippen LogP contribution in [-0.4, -0.2) is 37.1 Å². The van der Waals surface area contributed by atoms with Crippen molar-refractivity contribution >= 4 is 11.9 Å². The molecule has 0 saturated heterocycles. The van der Waals surface area contributed by atoms with E-state index >= 15 is 0 Å². The molecule has 0 saturated carbocycles. The Bertz CT molecular complexity index is 1070. The van der Waals surface area contributed by atoms with Gasteiger partial charge in [-0.15, -0.1) is 0 Å². The maximum absolute atomic E-state index is 12.8. The molecule has 0 fully saturated rings. The van der Waals surface area contributed by atoms with Crippen LogP contribution < -0.4 is 20.1 Å². The second-order valence-electron chi connectivity index (χ2n) is 7.76. The van der Waals surface area contributed by atoms with Crippen molar-refractivity contribution in [1.82, 2.24) is 15.5 Å². The number of nitrogens with zero attached hydrogens (tertiary/aromatic N) is 1. The number of rotatable bonds is 8. The van der Waals surface area contributed by atoms with E-state index in [-0.39, 0.29) is 25.0 Å². The van der Waals surface area contributed by atoms with Crippen molar-refractivity contribution in [3.63, 3.8) is 0 Å². The summed E-state index contributed by atoms with van der Waals surface area (Å²) in [4.78, 5) is 27.1. The van der Waals surface area contributed by atoms with Gasteiger partial charge in [0.05, 0.1) is 33.1 Å². The van der Waals surface area contributed by atoms with Crippen molar-refractivity contribution in [2.45, 2.75) is 25.6 Å². The topological polar surface area (TPSA) is 93.0 Å². The number of ether oxygens (including phenoxy) is 2. The summed E-state index contributed by atoms with van der Waals surface area (Å²) in [5, 5.41) is 5.05. The number of nitrogens with one attached hydrogen (secondary N) is 2. The number of hydrogen-bond acceptors (Lipinski definition) is 6. The molecule has 8 heteroatoms. The van der Waals surface area contributed by atoms with E-state index in [0.717, 1.165) is 22.6 Å². The minimum absolute atomic E-state index is 0.0460. The van der Waals surface area contributed by atoms with E-state index in [1.807, 2.05) is 48.5 Å². The first kappa shape index (κ1) is 22.4. The third kappa shape index (κ3) is 5.93. The third-order valence-corrected chi connectivity index (χ3v) is 5.50. The zero-order chi connectivity index (χ0) is 23.0. The summed E-state index contributed by atoms with van der Waals surface area (Å²) in [6, 6.07) is 18.5. The van der Waals surface area contributed by atoms with Gasteiger partial charge in [0.2, 0.25) is 5.91 Å². The fraction of sp³-hybridized carbons (Fsp3) is 0.280. The molecule has 0 aliphatic carbocycles. The quantitative estimate of drug-likeness (QED) is 0.546. The largest absolute Gasteiger partial charge is 0.497 e. The minimum Gasteiger partial charge on any atom is -0.497 e. The van der Waals surface area contributed by atoms with Gasteiger partial charge in [0, 0.05) is 24.6 Å². The van der Waals surface area contributed by atoms with Gasteiger partial charge in [-0.25, -0.2) is 4.79 Å². The summed E-state index contributed by atoms with van der Waals surface area (Å²) in [5.41, 5.74) is 2.04. The first-order chi connectivity index (χ1) is 16.1. The lowest BCUT2D eigenvalue weighted by molar-refractivity contribution is -0.122. The molecule has 0 radical (unpaired) electrons. The molecule has 1 aliphatic rings. The molecule has 4 rings (SSSR count). The van der Waals surface area contributed by atoms with Crippen molar-refractivity contribution in [2.24, 2.45) is 0 Å². The highest BCUT2D eigenvalue weighted by atomic mass is 16.5. The van der Waals surface area contributed by atoms with E-state index in [1.165, 1.54) is 6.26 Å². The van der Waals surface area contributed by atoms with Gasteiger partial charge in [0.1, 0.15) is 17.3 Å². The Balaban J connectivity index is 1.48. The van der Waals surface area contributed by atoms with Crippen molar-refractivity contribution in [3.8, 4) is 11.5 Å². The first-order valence-electron chi connectivity index (χ1n) is 10.8. The number of urea groups is 1. The van der Waals surface area contributed by atoms with Gasteiger partial charge in [-0.2, -0.15) is 0 Å². The highest BCUT2D eigenvalue weighted by molar-refractivity contribution is 5.95. The molecule has 2 N–H and O–H groups in total. The van der Waals surface area contributed by atoms with Gasteiger partial charge in [-0.1, -0.05) is 30.3 Å². The SMILES string of the molecule is COc1ccc2c(c1)C(N(CC(=O)NC(=O)NCc1ccco1)Cc1ccccc1)CCO2. The predicted octanol–water partition coefficient (Wildman–Crippen LogP) is 3.64. The number of furan rings is 1. The third-order valence-electron chi connectivity index (χ3n) is 5.50. The monoisotopic (exact) mass is 449 g/mol. The second-order valence-corrected chi connectivity index (χ2v) is 7.76. The normalized spacial score (nSPS) is 14.8. The number of carbonyl (C=O) groups excluding carboxylic acids is 2. The summed E-state index contributed by atoms with van der Waals surface area (Å²) in [6.07, 6.45) is 2.24. The second kappa shape index (κ2) is 10.7. The van der Waals surface area contributed by atoms with Crippen LogP contribution in [-0.2, 0) is 17.9 Å². The molecule has 8 nitrogen and oxygen atoms in total. The van der Waals surface area contributed by atoms with E-state index in [9.17, 15) is 9.59 Å². The summed E-state index contributed by atoms with van der Waals surface area (Å²) >= 11 is 0. The molecule has 0 bridgehead atoms. The van der Waals surface area contributed by atoms with Crippen LogP contribution in [0.1, 0.15) is 29.3 Å². The van der Waals surface area contributed by atoms with Crippen LogP contribution >= 0.6 is 0 Å². The number of amides is 3. The number of fused-ring (bicyclic) bond motifs is 1. The van der Waals surface area contributed by atoms with E-state index in [2.05, 4.69) is 15.5 Å². The Labute approximate surface area is 192 Å². The molecule has 3 amide bonds. The van der Waals surface area contributed by atoms with Crippen LogP contribution in [0.3, 0.4) is 0 Å². The van der Waals surface area contributed by atoms with Gasteiger partial charge in [-0.05, 0) is 35.9 Å². The standard InChI is InChI=1S/C25H27N3O5/c1-31-19-9-10-23-21(14-19)22(11-13-33-23)28(16-18-6-3-2-4-7-18)17-24(29)27-25(30)26-15-20-8-5-12-32-20/h2-10,12,14,22H,11,13,15-17H2,1H3,(H2,26,27,29,30). The lowest BCUT2D eigenvalue weighted by Crippen LogP contribution is -2.45. The van der Waals surface area contributed by atoms with Crippen LogP contribution in [0.4, 0.5) is 4.79 Å². The van der Waals surface area contributed by atoms with Gasteiger partial charge in [-0.3, -0.25) is 15.0 Å². The summed E-state index contributed by atoms with van der Waals surface area (Å²) < 4.78 is 16.4. The van der Waals surface area contributed by atoms with E-state index in [1.54, 1.807) is 19.2 Å². The lowest BCUT2D eigenvalue weighted by Gasteiger charge is -2.35. The molecule has 3 aromatic rings. The molecule has 2 heterocycles. The lowest BCUT2D eigenvalue weighted by atomic mass is 9.97. The van der Waals surface area contributed by atoms with Crippen LogP contribution in [0.15, 0.2) is 71.3 Å². The zero-order valence-electron chi connectivity index (χ0n) is 18.5. The average Bonchev–Trinajstić information content (AvgIpc) is 3.36. The minimum atomic E-state index is -0.565. The number of benzene rings is 2. The van der Waals surface area contributed by atoms with E-state index < -0.39 is 6.03 Å². The number of hydrogen-bond donors (Lipinski definition) is 2. The Morgan fingerprint density at radius 1 is 1.12 bits per heavy atom. The molecular formula is C25H27N3O5. The molecular weight excluding hydrogens is 422 g/mol. The number of methoxy groups -OCH3 is 1. The van der Waals surface area contributed by atoms with Crippen molar-refractivity contribution in [3.05, 3.63) is 83.8 Å². The van der Waals surface area contributed by atoms with Crippen LogP contribution in [0.2, 0.25) is 0 Å². The maximum Gasteiger partial charge on any atom is 0.321 e. The van der Waals surface area contributed by atoms with Crippen molar-refractivity contribution in [1.29, 1.82) is 0 Å².